The molecule has 4 rings (SSSR count). The molecule has 0 bridgehead atoms. The van der Waals surface area contributed by atoms with Gasteiger partial charge in [-0.15, -0.1) is 0 Å². The Hall–Kier alpha value is -3.09. The lowest BCUT2D eigenvalue weighted by atomic mass is 9.95. The van der Waals surface area contributed by atoms with Crippen molar-refractivity contribution in [1.82, 2.24) is 19.7 Å². The van der Waals surface area contributed by atoms with Crippen LogP contribution in [0, 0.1) is 0 Å². The lowest BCUT2D eigenvalue weighted by Gasteiger charge is -2.17. The summed E-state index contributed by atoms with van der Waals surface area (Å²) in [4.78, 5) is 8.83. The molecule has 146 valence electrons. The van der Waals surface area contributed by atoms with Crippen LogP contribution >= 0.6 is 0 Å². The minimum Gasteiger partial charge on any atom is -0.491 e. The van der Waals surface area contributed by atoms with Crippen LogP contribution in [0.25, 0.3) is 11.4 Å². The normalized spacial score (nSPS) is 14.4. The summed E-state index contributed by atoms with van der Waals surface area (Å²) in [7, 11) is 1.97. The molecule has 0 spiro atoms. The lowest BCUT2D eigenvalue weighted by Crippen LogP contribution is -2.24. The number of nitrogen functional groups attached to an aromatic ring is 1. The number of hydrogen-bond donors (Lipinski definition) is 2. The van der Waals surface area contributed by atoms with Crippen LogP contribution in [0.5, 0.6) is 5.75 Å². The molecule has 1 aliphatic rings. The summed E-state index contributed by atoms with van der Waals surface area (Å²) in [6.07, 6.45) is 4.45. The SMILES string of the molecule is C[C@@H](COc1ccccc1)Nc1cc(-c2c3c(nn2C)CCCC3)nc(N)n1. The second kappa shape index (κ2) is 7.88. The van der Waals surface area contributed by atoms with Crippen molar-refractivity contribution in [3.05, 3.63) is 47.7 Å². The zero-order valence-corrected chi connectivity index (χ0v) is 16.4. The molecule has 0 saturated carbocycles. The highest BCUT2D eigenvalue weighted by Crippen LogP contribution is 2.31. The number of nitrogens with one attached hydrogen (secondary N) is 1. The zero-order valence-electron chi connectivity index (χ0n) is 16.4. The Morgan fingerprint density at radius 1 is 1.18 bits per heavy atom. The van der Waals surface area contributed by atoms with Gasteiger partial charge in [-0.1, -0.05) is 18.2 Å². The first-order valence-electron chi connectivity index (χ1n) is 9.74. The van der Waals surface area contributed by atoms with E-state index in [1.54, 1.807) is 0 Å². The van der Waals surface area contributed by atoms with Crippen LogP contribution in [-0.2, 0) is 19.9 Å². The van der Waals surface area contributed by atoms with Crippen molar-refractivity contribution in [1.29, 1.82) is 0 Å². The van der Waals surface area contributed by atoms with Gasteiger partial charge in [-0.05, 0) is 44.7 Å². The van der Waals surface area contributed by atoms with Gasteiger partial charge < -0.3 is 15.8 Å². The molecule has 1 atom stereocenters. The molecule has 2 heterocycles. The third kappa shape index (κ3) is 3.93. The predicted molar refractivity (Wildman–Crippen MR) is 110 cm³/mol. The fourth-order valence-corrected chi connectivity index (χ4v) is 3.69. The summed E-state index contributed by atoms with van der Waals surface area (Å²) in [6.45, 7) is 2.57. The first kappa shape index (κ1) is 18.3. The Labute approximate surface area is 165 Å². The molecule has 7 nitrogen and oxygen atoms in total. The van der Waals surface area contributed by atoms with E-state index in [0.29, 0.717) is 12.4 Å². The first-order valence-corrected chi connectivity index (χ1v) is 9.74. The maximum absolute atomic E-state index is 6.01. The number of ether oxygens (including phenoxy) is 1. The lowest BCUT2D eigenvalue weighted by molar-refractivity contribution is 0.304. The number of aromatic nitrogens is 4. The quantitative estimate of drug-likeness (QED) is 0.684. The van der Waals surface area contributed by atoms with Crippen LogP contribution in [0.3, 0.4) is 0 Å². The summed E-state index contributed by atoms with van der Waals surface area (Å²) in [5.41, 5.74) is 10.3. The number of rotatable bonds is 6. The Morgan fingerprint density at radius 2 is 1.96 bits per heavy atom. The average molecular weight is 378 g/mol. The highest BCUT2D eigenvalue weighted by atomic mass is 16.5. The predicted octanol–water partition coefficient (Wildman–Crippen LogP) is 3.22. The van der Waals surface area contributed by atoms with E-state index in [9.17, 15) is 0 Å². The minimum atomic E-state index is 0.0582. The summed E-state index contributed by atoms with van der Waals surface area (Å²) in [6, 6.07) is 11.8. The molecule has 0 fully saturated rings. The molecular formula is C21H26N6O. The number of nitrogens with two attached hydrogens (primary N) is 1. The smallest absolute Gasteiger partial charge is 0.222 e. The van der Waals surface area contributed by atoms with Gasteiger partial charge in [0, 0.05) is 18.7 Å². The van der Waals surface area contributed by atoms with Gasteiger partial charge in [0.05, 0.1) is 23.1 Å². The molecular weight excluding hydrogens is 352 g/mol. The highest BCUT2D eigenvalue weighted by Gasteiger charge is 2.22. The number of fused-ring (bicyclic) bond motifs is 1. The summed E-state index contributed by atoms with van der Waals surface area (Å²) >= 11 is 0. The van der Waals surface area contributed by atoms with Crippen LogP contribution in [0.1, 0.15) is 31.0 Å². The van der Waals surface area contributed by atoms with Gasteiger partial charge >= 0.3 is 0 Å². The molecule has 2 aromatic heterocycles. The molecule has 28 heavy (non-hydrogen) atoms. The van der Waals surface area contributed by atoms with Gasteiger partial charge in [-0.3, -0.25) is 4.68 Å². The Morgan fingerprint density at radius 3 is 2.79 bits per heavy atom. The molecule has 7 heteroatoms. The number of hydrogen-bond acceptors (Lipinski definition) is 6. The van der Waals surface area contributed by atoms with Crippen LogP contribution in [-0.4, -0.2) is 32.4 Å². The van der Waals surface area contributed by atoms with Gasteiger partial charge in [-0.25, -0.2) is 4.98 Å². The van der Waals surface area contributed by atoms with Crippen LogP contribution < -0.4 is 15.8 Å². The van der Waals surface area contributed by atoms with Crippen molar-refractivity contribution in [3.63, 3.8) is 0 Å². The molecule has 1 aliphatic carbocycles. The number of aryl methyl sites for hydroxylation is 2. The number of anilines is 2. The van der Waals surface area contributed by atoms with Gasteiger partial charge in [0.25, 0.3) is 0 Å². The first-order chi connectivity index (χ1) is 13.6. The maximum atomic E-state index is 6.01. The molecule has 3 aromatic rings. The zero-order chi connectivity index (χ0) is 19.5. The minimum absolute atomic E-state index is 0.0582. The molecule has 3 N–H and O–H groups in total. The summed E-state index contributed by atoms with van der Waals surface area (Å²) in [5, 5.41) is 8.05. The fourth-order valence-electron chi connectivity index (χ4n) is 3.69. The van der Waals surface area contributed by atoms with E-state index in [0.717, 1.165) is 30.0 Å². The maximum Gasteiger partial charge on any atom is 0.222 e. The van der Waals surface area contributed by atoms with Crippen LogP contribution in [0.4, 0.5) is 11.8 Å². The van der Waals surface area contributed by atoms with E-state index in [2.05, 4.69) is 20.4 Å². The highest BCUT2D eigenvalue weighted by molar-refractivity contribution is 5.65. The van der Waals surface area contributed by atoms with Crippen molar-refractivity contribution in [2.45, 2.75) is 38.6 Å². The van der Waals surface area contributed by atoms with Crippen molar-refractivity contribution >= 4 is 11.8 Å². The van der Waals surface area contributed by atoms with E-state index in [4.69, 9.17) is 10.5 Å². The second-order valence-electron chi connectivity index (χ2n) is 7.27. The van der Waals surface area contributed by atoms with E-state index in [1.807, 2.05) is 55.1 Å². The fraction of sp³-hybridized carbons (Fsp3) is 0.381. The van der Waals surface area contributed by atoms with Gasteiger partial charge in [0.15, 0.2) is 0 Å². The molecule has 0 amide bonds. The Kier molecular flexibility index (Phi) is 5.14. The van der Waals surface area contributed by atoms with Crippen molar-refractivity contribution in [2.24, 2.45) is 7.05 Å². The molecule has 1 aromatic carbocycles. The molecule has 0 saturated heterocycles. The Balaban J connectivity index is 1.52. The van der Waals surface area contributed by atoms with Crippen molar-refractivity contribution in [3.8, 4) is 17.1 Å². The third-order valence-electron chi connectivity index (χ3n) is 4.94. The third-order valence-corrected chi connectivity index (χ3v) is 4.94. The summed E-state index contributed by atoms with van der Waals surface area (Å²) in [5.74, 6) is 1.79. The van der Waals surface area contributed by atoms with Crippen molar-refractivity contribution in [2.75, 3.05) is 17.7 Å². The molecule has 0 unspecified atom stereocenters. The number of benzene rings is 1. The topological polar surface area (TPSA) is 90.9 Å². The van der Waals surface area contributed by atoms with Crippen LogP contribution in [0.2, 0.25) is 0 Å². The van der Waals surface area contributed by atoms with Crippen LogP contribution in [0.15, 0.2) is 36.4 Å². The summed E-state index contributed by atoms with van der Waals surface area (Å²) < 4.78 is 7.74. The average Bonchev–Trinajstić information content (AvgIpc) is 3.02. The Bertz CT molecular complexity index is 953. The molecule has 0 aliphatic heterocycles. The standard InChI is InChI=1S/C21H26N6O/c1-14(13-28-15-8-4-3-5-9-15)23-19-12-18(24-21(22)25-19)20-16-10-6-7-11-17(16)26-27(20)2/h3-5,8-9,12,14H,6-7,10-11,13H2,1-2H3,(H3,22,23,24,25)/t14-/m0/s1. The van der Waals surface area contributed by atoms with E-state index < -0.39 is 0 Å². The molecule has 0 radical (unpaired) electrons. The monoisotopic (exact) mass is 378 g/mol. The van der Waals surface area contributed by atoms with Gasteiger partial charge in [-0.2, -0.15) is 10.1 Å². The largest absolute Gasteiger partial charge is 0.491 e. The number of nitrogens with zero attached hydrogens (tertiary/aromatic N) is 4. The van der Waals surface area contributed by atoms with Gasteiger partial charge in [0.2, 0.25) is 5.95 Å². The van der Waals surface area contributed by atoms with E-state index >= 15 is 0 Å². The van der Waals surface area contributed by atoms with E-state index in [1.165, 1.54) is 24.1 Å². The second-order valence-corrected chi connectivity index (χ2v) is 7.27. The van der Waals surface area contributed by atoms with Crippen molar-refractivity contribution < 1.29 is 4.74 Å². The number of para-hydroxylation sites is 1. The van der Waals surface area contributed by atoms with Gasteiger partial charge in [0.1, 0.15) is 18.2 Å². The van der Waals surface area contributed by atoms with E-state index in [-0.39, 0.29) is 12.0 Å².